The highest BCUT2D eigenvalue weighted by molar-refractivity contribution is 7.91. The highest BCUT2D eigenvalue weighted by atomic mass is 32.2. The molecule has 0 bridgehead atoms. The molecule has 1 saturated heterocycles. The van der Waals surface area contributed by atoms with Gasteiger partial charge in [-0.2, -0.15) is 26.3 Å². The monoisotopic (exact) mass is 494 g/mol. The van der Waals surface area contributed by atoms with Crippen LogP contribution in [0.3, 0.4) is 0 Å². The highest BCUT2D eigenvalue weighted by Gasteiger charge is 2.39. The van der Waals surface area contributed by atoms with Gasteiger partial charge in [-0.25, -0.2) is 8.42 Å². The van der Waals surface area contributed by atoms with Crippen molar-refractivity contribution in [2.45, 2.75) is 42.2 Å². The Morgan fingerprint density at radius 3 is 2.30 bits per heavy atom. The minimum atomic E-state index is -5.05. The van der Waals surface area contributed by atoms with Crippen LogP contribution in [0.25, 0.3) is 21.8 Å². The van der Waals surface area contributed by atoms with Crippen molar-refractivity contribution in [3.63, 3.8) is 0 Å². The molecule has 180 valence electrons. The summed E-state index contributed by atoms with van der Waals surface area (Å²) in [6, 6.07) is 3.59. The zero-order chi connectivity index (χ0) is 24.3. The number of halogens is 6. The van der Waals surface area contributed by atoms with Gasteiger partial charge in [0, 0.05) is 29.1 Å². The lowest BCUT2D eigenvalue weighted by Gasteiger charge is -2.24. The fraction of sp³-hybridized carbons (Fsp3) is 0.429. The summed E-state index contributed by atoms with van der Waals surface area (Å²) < 4.78 is 108. The molecule has 12 heteroatoms. The van der Waals surface area contributed by atoms with Crippen LogP contribution in [0.15, 0.2) is 35.2 Å². The maximum absolute atomic E-state index is 13.8. The predicted molar refractivity (Wildman–Crippen MR) is 110 cm³/mol. The first-order valence-electron chi connectivity index (χ1n) is 10.0. The van der Waals surface area contributed by atoms with E-state index in [-0.39, 0.29) is 23.0 Å². The Morgan fingerprint density at radius 2 is 1.70 bits per heavy atom. The summed E-state index contributed by atoms with van der Waals surface area (Å²) in [4.78, 5) is -1.07. The molecule has 5 nitrogen and oxygen atoms in total. The van der Waals surface area contributed by atoms with Crippen molar-refractivity contribution in [3.05, 3.63) is 41.5 Å². The summed E-state index contributed by atoms with van der Waals surface area (Å²) in [5, 5.41) is 13.0. The van der Waals surface area contributed by atoms with Gasteiger partial charge in [-0.05, 0) is 49.7 Å². The van der Waals surface area contributed by atoms with Crippen LogP contribution in [0.4, 0.5) is 26.3 Å². The lowest BCUT2D eigenvalue weighted by molar-refractivity contribution is -0.140. The molecular weight excluding hydrogens is 474 g/mol. The van der Waals surface area contributed by atoms with Gasteiger partial charge in [0.05, 0.1) is 33.7 Å². The molecule has 0 unspecified atom stereocenters. The van der Waals surface area contributed by atoms with Crippen LogP contribution in [-0.4, -0.2) is 43.5 Å². The van der Waals surface area contributed by atoms with E-state index in [0.717, 1.165) is 18.2 Å². The third-order valence-corrected chi connectivity index (χ3v) is 7.07. The molecule has 1 aliphatic heterocycles. The summed E-state index contributed by atoms with van der Waals surface area (Å²) in [5.74, 6) is 0. The molecule has 0 spiro atoms. The molecule has 33 heavy (non-hydrogen) atoms. The number of hydrogen-bond donors (Lipinski definition) is 2. The van der Waals surface area contributed by atoms with E-state index in [1.165, 1.54) is 4.57 Å². The quantitative estimate of drug-likeness (QED) is 0.514. The lowest BCUT2D eigenvalue weighted by atomic mass is 10.1. The smallest absolute Gasteiger partial charge is 0.390 e. The first kappa shape index (κ1) is 23.8. The van der Waals surface area contributed by atoms with Crippen LogP contribution in [-0.2, 0) is 22.2 Å². The summed E-state index contributed by atoms with van der Waals surface area (Å²) >= 11 is 0. The Hall–Kier alpha value is -2.31. The summed E-state index contributed by atoms with van der Waals surface area (Å²) in [6.45, 7) is 0.752. The van der Waals surface area contributed by atoms with E-state index in [0.29, 0.717) is 37.8 Å². The van der Waals surface area contributed by atoms with Crippen LogP contribution in [0.2, 0.25) is 0 Å². The Bertz CT molecular complexity index is 1330. The van der Waals surface area contributed by atoms with Gasteiger partial charge in [-0.3, -0.25) is 0 Å². The molecule has 1 aliphatic rings. The molecule has 0 saturated carbocycles. The number of nitrogens with one attached hydrogen (secondary N) is 1. The minimum absolute atomic E-state index is 0.0173. The fourth-order valence-corrected chi connectivity index (χ4v) is 5.74. The number of aromatic nitrogens is 1. The number of alkyl halides is 6. The largest absolute Gasteiger partial charge is 0.417 e. The summed E-state index contributed by atoms with van der Waals surface area (Å²) in [6.07, 6.45) is -9.24. The number of nitrogens with zero attached hydrogens (tertiary/aromatic N) is 1. The summed E-state index contributed by atoms with van der Waals surface area (Å²) in [5.41, 5.74) is -2.43. The van der Waals surface area contributed by atoms with Gasteiger partial charge in [0.15, 0.2) is 9.84 Å². The lowest BCUT2D eigenvalue weighted by Crippen LogP contribution is -2.31. The number of fused-ring (bicyclic) bond motifs is 3. The topological polar surface area (TPSA) is 71.3 Å². The number of β-amino-alcohol motifs (C(OH)–C–C–N with tert-alkyl or cyclic N) is 1. The van der Waals surface area contributed by atoms with Crippen molar-refractivity contribution in [1.82, 2.24) is 9.88 Å². The Labute approximate surface area is 184 Å². The van der Waals surface area contributed by atoms with Gasteiger partial charge in [-0.1, -0.05) is 0 Å². The van der Waals surface area contributed by atoms with Gasteiger partial charge in [0.1, 0.15) is 0 Å². The molecule has 0 radical (unpaired) electrons. The maximum Gasteiger partial charge on any atom is 0.417 e. The number of aliphatic hydroxyl groups excluding tert-OH is 1. The van der Waals surface area contributed by atoms with Crippen LogP contribution in [0.5, 0.6) is 0 Å². The van der Waals surface area contributed by atoms with Crippen LogP contribution < -0.4 is 5.32 Å². The van der Waals surface area contributed by atoms with Crippen molar-refractivity contribution >= 4 is 31.6 Å². The van der Waals surface area contributed by atoms with Gasteiger partial charge in [-0.15, -0.1) is 0 Å². The van der Waals surface area contributed by atoms with Crippen molar-refractivity contribution in [2.24, 2.45) is 0 Å². The molecule has 2 N–H and O–H groups in total. The molecule has 1 aromatic heterocycles. The van der Waals surface area contributed by atoms with E-state index >= 15 is 0 Å². The zero-order valence-corrected chi connectivity index (χ0v) is 18.1. The Kier molecular flexibility index (Phi) is 5.69. The second-order valence-electron chi connectivity index (χ2n) is 8.19. The molecule has 2 heterocycles. The SMILES string of the molecule is CS(=O)(=O)c1c(C(F)(F)F)ccc2c1c1cc(C(F)(F)F)ccc1n2[C@H]1CCCNC[C@@H]1O. The number of rotatable bonds is 2. The molecule has 2 aromatic carbocycles. The van der Waals surface area contributed by atoms with E-state index in [2.05, 4.69) is 5.32 Å². The molecule has 3 aromatic rings. The molecular formula is C21H20F6N2O3S. The average Bonchev–Trinajstić information content (AvgIpc) is 2.86. The molecule has 0 aliphatic carbocycles. The second kappa shape index (κ2) is 7.88. The van der Waals surface area contributed by atoms with Gasteiger partial charge in [0.2, 0.25) is 0 Å². The third kappa shape index (κ3) is 4.19. The number of aliphatic hydroxyl groups is 1. The van der Waals surface area contributed by atoms with E-state index in [4.69, 9.17) is 0 Å². The van der Waals surface area contributed by atoms with Crippen molar-refractivity contribution in [1.29, 1.82) is 0 Å². The van der Waals surface area contributed by atoms with Gasteiger partial charge >= 0.3 is 12.4 Å². The average molecular weight is 494 g/mol. The number of benzene rings is 2. The first-order chi connectivity index (χ1) is 15.2. The molecule has 0 amide bonds. The molecule has 4 rings (SSSR count). The normalized spacial score (nSPS) is 21.0. The van der Waals surface area contributed by atoms with E-state index < -0.39 is 55.7 Å². The maximum atomic E-state index is 13.8. The summed E-state index contributed by atoms with van der Waals surface area (Å²) in [7, 11) is -4.51. The highest BCUT2D eigenvalue weighted by Crippen LogP contribution is 2.45. The zero-order valence-electron chi connectivity index (χ0n) is 17.3. The van der Waals surface area contributed by atoms with Gasteiger partial charge < -0.3 is 15.0 Å². The van der Waals surface area contributed by atoms with E-state index in [1.807, 2.05) is 0 Å². The minimum Gasteiger partial charge on any atom is -0.390 e. The van der Waals surface area contributed by atoms with Gasteiger partial charge in [0.25, 0.3) is 0 Å². The number of sulfone groups is 1. The van der Waals surface area contributed by atoms with Crippen LogP contribution in [0.1, 0.15) is 30.0 Å². The fourth-order valence-electron chi connectivity index (χ4n) is 4.57. The van der Waals surface area contributed by atoms with E-state index in [1.54, 1.807) is 0 Å². The molecule has 2 atom stereocenters. The third-order valence-electron chi connectivity index (χ3n) is 5.91. The van der Waals surface area contributed by atoms with Crippen molar-refractivity contribution in [3.8, 4) is 0 Å². The second-order valence-corrected chi connectivity index (χ2v) is 10.1. The number of hydrogen-bond acceptors (Lipinski definition) is 4. The Balaban J connectivity index is 2.21. The molecule has 1 fully saturated rings. The standard InChI is InChI=1S/C21H20F6N2O3S/c1-33(31,32)19-13(21(25,26)27)5-7-16-18(19)12-9-11(20(22,23)24)4-6-14(12)29(16)15-3-2-8-28-10-17(15)30/h4-7,9,15,17,28,30H,2-3,8,10H2,1H3/t15-,17-/m0/s1. The van der Waals surface area contributed by atoms with Crippen LogP contribution >= 0.6 is 0 Å². The van der Waals surface area contributed by atoms with Crippen molar-refractivity contribution in [2.75, 3.05) is 19.3 Å². The van der Waals surface area contributed by atoms with Crippen LogP contribution in [0, 0.1) is 0 Å². The first-order valence-corrected chi connectivity index (χ1v) is 11.9. The Morgan fingerprint density at radius 1 is 1.03 bits per heavy atom. The predicted octanol–water partition coefficient (Wildman–Crippen LogP) is 4.52. The van der Waals surface area contributed by atoms with E-state index in [9.17, 15) is 39.9 Å². The van der Waals surface area contributed by atoms with Crippen molar-refractivity contribution < 1.29 is 39.9 Å².